The Morgan fingerprint density at radius 3 is 1.14 bits per heavy atom. The zero-order chi connectivity index (χ0) is 57.0. The van der Waals surface area contributed by atoms with Gasteiger partial charge in [-0.1, -0.05) is 319 Å². The van der Waals surface area contributed by atoms with Gasteiger partial charge < -0.3 is 28.8 Å². The van der Waals surface area contributed by atoms with E-state index in [4.69, 9.17) is 9.05 Å². The molecule has 0 rings (SSSR count). The highest BCUT2D eigenvalue weighted by Crippen LogP contribution is 2.38. The Hall–Kier alpha value is -1.80. The predicted octanol–water partition coefficient (Wildman–Crippen LogP) is 20.6. The number of aliphatic hydroxyl groups excluding tert-OH is 1. The molecule has 0 aliphatic carbocycles. The van der Waals surface area contributed by atoms with Crippen molar-refractivity contribution < 1.29 is 32.9 Å². The van der Waals surface area contributed by atoms with Crippen molar-refractivity contribution >= 4 is 13.7 Å². The van der Waals surface area contributed by atoms with Gasteiger partial charge in [0.1, 0.15) is 13.2 Å². The Morgan fingerprint density at radius 2 is 0.782 bits per heavy atom. The molecule has 9 heteroatoms. The molecule has 0 heterocycles. The highest BCUT2D eigenvalue weighted by Gasteiger charge is 2.24. The monoisotopic (exact) mass is 1110 g/mol. The zero-order valence-corrected chi connectivity index (χ0v) is 53.3. The Morgan fingerprint density at radius 1 is 0.462 bits per heavy atom. The molecule has 78 heavy (non-hydrogen) atoms. The fourth-order valence-corrected chi connectivity index (χ4v) is 10.8. The lowest BCUT2D eigenvalue weighted by atomic mass is 10.0. The fraction of sp³-hybridized carbons (Fsp3) is 0.841. The van der Waals surface area contributed by atoms with Crippen LogP contribution in [0.5, 0.6) is 0 Å². The number of hydrogen-bond acceptors (Lipinski definition) is 6. The number of nitrogens with zero attached hydrogens (tertiary/aromatic N) is 1. The summed E-state index contributed by atoms with van der Waals surface area (Å²) >= 11 is 0. The van der Waals surface area contributed by atoms with Crippen molar-refractivity contribution in [3.05, 3.63) is 60.8 Å². The first kappa shape index (κ1) is 76.2. The first-order valence-electron chi connectivity index (χ1n) is 33.6. The summed E-state index contributed by atoms with van der Waals surface area (Å²) in [5, 5.41) is 14.1. The number of hydrogen-bond donors (Lipinski definition) is 2. The van der Waals surface area contributed by atoms with Crippen LogP contribution in [0.1, 0.15) is 322 Å². The minimum atomic E-state index is -4.58. The molecule has 0 aromatic heterocycles. The van der Waals surface area contributed by atoms with Gasteiger partial charge in [-0.15, -0.1) is 0 Å². The van der Waals surface area contributed by atoms with Gasteiger partial charge >= 0.3 is 0 Å². The number of aliphatic hydroxyl groups is 1. The molecule has 0 aromatic rings. The van der Waals surface area contributed by atoms with Gasteiger partial charge in [0.2, 0.25) is 5.91 Å². The summed E-state index contributed by atoms with van der Waals surface area (Å²) < 4.78 is 23.5. The van der Waals surface area contributed by atoms with Crippen LogP contribution in [-0.2, 0) is 18.4 Å². The molecule has 0 saturated carbocycles. The molecule has 0 aliphatic heterocycles. The average Bonchev–Trinajstić information content (AvgIpc) is 3.41. The normalized spacial score (nSPS) is 14.1. The van der Waals surface area contributed by atoms with Crippen molar-refractivity contribution in [3.8, 4) is 0 Å². The van der Waals surface area contributed by atoms with E-state index in [2.05, 4.69) is 79.9 Å². The van der Waals surface area contributed by atoms with Crippen LogP contribution in [0, 0.1) is 0 Å². The van der Waals surface area contributed by atoms with Crippen LogP contribution in [0.25, 0.3) is 0 Å². The summed E-state index contributed by atoms with van der Waals surface area (Å²) in [6.07, 6.45) is 81.4. The van der Waals surface area contributed by atoms with Gasteiger partial charge in [-0.05, 0) is 57.8 Å². The van der Waals surface area contributed by atoms with Crippen molar-refractivity contribution in [3.63, 3.8) is 0 Å². The Kier molecular flexibility index (Phi) is 58.4. The third-order valence-corrected chi connectivity index (χ3v) is 16.2. The lowest BCUT2D eigenvalue weighted by molar-refractivity contribution is -0.870. The standard InChI is InChI=1S/C69H131N2O6P/c1-6-8-10-12-14-16-18-20-22-24-26-27-28-29-30-31-32-33-34-35-36-37-38-39-40-41-42-43-45-47-49-51-53-55-57-59-61-63-69(73)70-67(66-77-78(74,75)76-65-64-71(3,4)5)68(72)62-60-58-56-54-52-50-48-46-44-25-23-21-19-17-15-13-11-9-7-2/h8,10,14,16,20,22,26-27,29-30,67-68,72H,6-7,9,11-13,15,17-19,21,23-25,28,31-66H2,1-5H3,(H-,70,73,74,75)/b10-8-,16-14-,22-20-,27-26-,30-29-. The maximum atomic E-state index is 13.0. The number of phosphoric acid groups is 1. The minimum Gasteiger partial charge on any atom is -0.756 e. The smallest absolute Gasteiger partial charge is 0.268 e. The molecule has 8 nitrogen and oxygen atoms in total. The van der Waals surface area contributed by atoms with E-state index < -0.39 is 20.0 Å². The van der Waals surface area contributed by atoms with Gasteiger partial charge in [-0.3, -0.25) is 9.36 Å². The number of nitrogens with one attached hydrogen (secondary N) is 1. The molecule has 0 aromatic carbocycles. The molecule has 0 radical (unpaired) electrons. The van der Waals surface area contributed by atoms with Crippen LogP contribution < -0.4 is 10.2 Å². The molecule has 1 amide bonds. The molecule has 2 N–H and O–H groups in total. The fourth-order valence-electron chi connectivity index (χ4n) is 10.1. The van der Waals surface area contributed by atoms with Crippen LogP contribution in [-0.4, -0.2) is 68.5 Å². The molecular formula is C69H131N2O6P. The third-order valence-electron chi connectivity index (χ3n) is 15.3. The van der Waals surface area contributed by atoms with Crippen LogP contribution in [0.3, 0.4) is 0 Å². The third kappa shape index (κ3) is 61.8. The van der Waals surface area contributed by atoms with Crippen LogP contribution in [0.15, 0.2) is 60.8 Å². The lowest BCUT2D eigenvalue weighted by Crippen LogP contribution is -2.46. The molecule has 0 bridgehead atoms. The number of rotatable bonds is 62. The molecule has 458 valence electrons. The summed E-state index contributed by atoms with van der Waals surface area (Å²) in [6, 6.07) is -0.801. The van der Waals surface area contributed by atoms with Crippen LogP contribution >= 0.6 is 7.82 Å². The summed E-state index contributed by atoms with van der Waals surface area (Å²) in [7, 11) is 1.32. The molecule has 3 unspecified atom stereocenters. The van der Waals surface area contributed by atoms with E-state index in [-0.39, 0.29) is 19.1 Å². The van der Waals surface area contributed by atoms with E-state index in [1.165, 1.54) is 225 Å². The predicted molar refractivity (Wildman–Crippen MR) is 339 cm³/mol. The van der Waals surface area contributed by atoms with Crippen molar-refractivity contribution in [1.29, 1.82) is 0 Å². The van der Waals surface area contributed by atoms with Crippen molar-refractivity contribution in [1.82, 2.24) is 5.32 Å². The van der Waals surface area contributed by atoms with Gasteiger partial charge in [0.05, 0.1) is 39.9 Å². The van der Waals surface area contributed by atoms with E-state index in [1.54, 1.807) is 0 Å². The Bertz CT molecular complexity index is 1450. The number of allylic oxidation sites excluding steroid dienone is 10. The summed E-state index contributed by atoms with van der Waals surface area (Å²) in [5.41, 5.74) is 0. The van der Waals surface area contributed by atoms with Gasteiger partial charge in [-0.25, -0.2) is 0 Å². The van der Waals surface area contributed by atoms with E-state index in [1.807, 2.05) is 21.1 Å². The summed E-state index contributed by atoms with van der Waals surface area (Å²) in [5.74, 6) is -0.159. The second-order valence-electron chi connectivity index (χ2n) is 24.2. The van der Waals surface area contributed by atoms with Gasteiger partial charge in [-0.2, -0.15) is 0 Å². The second kappa shape index (κ2) is 59.8. The lowest BCUT2D eigenvalue weighted by Gasteiger charge is -2.30. The molecule has 0 spiro atoms. The summed E-state index contributed by atoms with van der Waals surface area (Å²) in [4.78, 5) is 25.6. The molecule has 3 atom stereocenters. The van der Waals surface area contributed by atoms with Gasteiger partial charge in [0.15, 0.2) is 0 Å². The number of likely N-dealkylation sites (N-methyl/N-ethyl adjacent to an activating group) is 1. The number of unbranched alkanes of at least 4 members (excludes halogenated alkanes) is 39. The Labute approximate surface area is 485 Å². The van der Waals surface area contributed by atoms with Gasteiger partial charge in [0, 0.05) is 6.42 Å². The van der Waals surface area contributed by atoms with Crippen molar-refractivity contribution in [2.45, 2.75) is 334 Å². The van der Waals surface area contributed by atoms with Crippen molar-refractivity contribution in [2.24, 2.45) is 0 Å². The van der Waals surface area contributed by atoms with Crippen LogP contribution in [0.4, 0.5) is 0 Å². The van der Waals surface area contributed by atoms with E-state index >= 15 is 0 Å². The zero-order valence-electron chi connectivity index (χ0n) is 52.4. The molecule has 0 saturated heterocycles. The second-order valence-corrected chi connectivity index (χ2v) is 25.6. The van der Waals surface area contributed by atoms with E-state index in [0.29, 0.717) is 23.9 Å². The molecule has 0 aliphatic rings. The topological polar surface area (TPSA) is 108 Å². The highest BCUT2D eigenvalue weighted by molar-refractivity contribution is 7.45. The first-order chi connectivity index (χ1) is 38.0. The van der Waals surface area contributed by atoms with Gasteiger partial charge in [0.25, 0.3) is 7.82 Å². The maximum Gasteiger partial charge on any atom is 0.268 e. The number of quaternary nitrogens is 1. The highest BCUT2D eigenvalue weighted by atomic mass is 31.2. The summed E-state index contributed by atoms with van der Waals surface area (Å²) in [6.45, 7) is 4.65. The number of amides is 1. The van der Waals surface area contributed by atoms with E-state index in [0.717, 1.165) is 70.6 Å². The molecule has 0 fully saturated rings. The minimum absolute atomic E-state index is 0.0133. The average molecular weight is 1120 g/mol. The maximum absolute atomic E-state index is 13.0. The molecular weight excluding hydrogens is 984 g/mol. The van der Waals surface area contributed by atoms with Crippen molar-refractivity contribution in [2.75, 3.05) is 40.9 Å². The largest absolute Gasteiger partial charge is 0.756 e. The van der Waals surface area contributed by atoms with E-state index in [9.17, 15) is 19.4 Å². The Balaban J connectivity index is 3.96. The first-order valence-corrected chi connectivity index (χ1v) is 35.1. The number of carbonyl (C=O) groups is 1. The quantitative estimate of drug-likeness (QED) is 0.0272. The number of phosphoric ester groups is 1. The number of carbonyl (C=O) groups excluding carboxylic acids is 1. The SMILES string of the molecule is CC/C=C\C/C=C\C/C=C\C/C=C\C/C=C\CCCCCCCCCCCCCCCCCCCCCCCC(=O)NC(COP(=O)([O-])OCC[N+](C)(C)C)C(O)CCCCCCCCCCCCCCCCCCCCC. The van der Waals surface area contributed by atoms with Crippen LogP contribution in [0.2, 0.25) is 0 Å².